The summed E-state index contributed by atoms with van der Waals surface area (Å²) in [5.41, 5.74) is 10.7. The molecule has 5 aromatic carbocycles. The number of rotatable bonds is 4. The maximum atomic E-state index is 11.8. The minimum absolute atomic E-state index is 0.270. The summed E-state index contributed by atoms with van der Waals surface area (Å²) in [5, 5.41) is 16.0. The molecule has 0 saturated heterocycles. The van der Waals surface area contributed by atoms with Crippen molar-refractivity contribution in [2.24, 2.45) is 10.7 Å². The Bertz CT molecular complexity index is 1520. The van der Waals surface area contributed by atoms with Gasteiger partial charge in [-0.2, -0.15) is 0 Å². The van der Waals surface area contributed by atoms with Crippen molar-refractivity contribution in [1.29, 1.82) is 0 Å². The van der Waals surface area contributed by atoms with Gasteiger partial charge in [0.25, 0.3) is 0 Å². The first kappa shape index (κ1) is 21.5. The van der Waals surface area contributed by atoms with Crippen LogP contribution in [0.25, 0.3) is 43.8 Å². The van der Waals surface area contributed by atoms with Crippen LogP contribution < -0.4 is 5.73 Å². The molecule has 168 valence electrons. The zero-order valence-electron chi connectivity index (χ0n) is 19.4. The number of phenolic OH excluding ortho intramolecular Hbond substituents is 1. The molecular weight excluding hydrogens is 418 g/mol. The number of aliphatic imine (C=N–C) groups is 1. The second-order valence-corrected chi connectivity index (χ2v) is 8.62. The lowest BCUT2D eigenvalue weighted by Crippen LogP contribution is -2.30. The number of benzene rings is 5. The molecule has 0 spiro atoms. The van der Waals surface area contributed by atoms with Crippen molar-refractivity contribution < 1.29 is 5.11 Å². The molecule has 0 aliphatic heterocycles. The third kappa shape index (κ3) is 3.84. The Morgan fingerprint density at radius 3 is 2.09 bits per heavy atom. The third-order valence-corrected chi connectivity index (χ3v) is 6.24. The number of nitrogens with two attached hydrogens (primary N) is 1. The zero-order chi connectivity index (χ0) is 23.7. The molecule has 0 heterocycles. The number of nitrogens with zero attached hydrogens (tertiary/aromatic N) is 2. The highest BCUT2D eigenvalue weighted by Crippen LogP contribution is 2.46. The lowest BCUT2D eigenvalue weighted by molar-refractivity contribution is 0.480. The van der Waals surface area contributed by atoms with Crippen molar-refractivity contribution in [3.05, 3.63) is 103 Å². The number of fused-ring (bicyclic) bond motifs is 2. The molecule has 3 N–H and O–H groups in total. The van der Waals surface area contributed by atoms with Gasteiger partial charge in [-0.1, -0.05) is 91.0 Å². The van der Waals surface area contributed by atoms with Gasteiger partial charge in [0.05, 0.1) is 6.54 Å². The Balaban J connectivity index is 1.87. The molecule has 0 bridgehead atoms. The van der Waals surface area contributed by atoms with Crippen LogP contribution in [0.3, 0.4) is 0 Å². The van der Waals surface area contributed by atoms with Gasteiger partial charge >= 0.3 is 0 Å². The van der Waals surface area contributed by atoms with Gasteiger partial charge in [-0.05, 0) is 44.3 Å². The van der Waals surface area contributed by atoms with Gasteiger partial charge in [-0.15, -0.1) is 0 Å². The fourth-order valence-electron chi connectivity index (χ4n) is 4.48. The molecule has 5 aromatic rings. The average Bonchev–Trinajstić information content (AvgIpc) is 2.87. The SMILES string of the molecule is CN(C)C(N)=NCc1ccc2ccccc2c1-c1c(O)c(-c2ccccc2)cc2ccccc12. The minimum atomic E-state index is 0.270. The largest absolute Gasteiger partial charge is 0.507 e. The molecule has 0 aliphatic carbocycles. The number of phenols is 1. The standard InChI is InChI=1S/C30H27N3O/c1-33(2)30(31)32-19-23-17-16-21-12-6-8-14-24(21)27(23)28-25-15-9-7-13-22(25)18-26(29(28)34)20-10-4-3-5-11-20/h3-18,34H,19H2,1-2H3,(H2,31,32). The van der Waals surface area contributed by atoms with Gasteiger partial charge < -0.3 is 15.7 Å². The quantitative estimate of drug-likeness (QED) is 0.248. The van der Waals surface area contributed by atoms with E-state index in [1.54, 1.807) is 4.90 Å². The molecule has 0 atom stereocenters. The van der Waals surface area contributed by atoms with Crippen molar-refractivity contribution in [2.45, 2.75) is 6.54 Å². The second kappa shape index (κ2) is 8.91. The molecule has 0 aliphatic rings. The van der Waals surface area contributed by atoms with Gasteiger partial charge in [-0.3, -0.25) is 0 Å². The van der Waals surface area contributed by atoms with E-state index in [0.717, 1.165) is 49.4 Å². The molecule has 0 amide bonds. The summed E-state index contributed by atoms with van der Waals surface area (Å²) in [7, 11) is 3.76. The zero-order valence-corrected chi connectivity index (χ0v) is 19.4. The Hall–Kier alpha value is -4.31. The molecule has 0 unspecified atom stereocenters. The topological polar surface area (TPSA) is 61.8 Å². The Morgan fingerprint density at radius 2 is 1.38 bits per heavy atom. The molecular formula is C30H27N3O. The average molecular weight is 446 g/mol. The molecule has 0 radical (unpaired) electrons. The number of hydrogen-bond donors (Lipinski definition) is 2. The van der Waals surface area contributed by atoms with Crippen LogP contribution in [0, 0.1) is 0 Å². The van der Waals surface area contributed by atoms with Gasteiger partial charge in [0.2, 0.25) is 0 Å². The predicted molar refractivity (Wildman–Crippen MR) is 143 cm³/mol. The molecule has 5 rings (SSSR count). The van der Waals surface area contributed by atoms with Gasteiger partial charge in [-0.25, -0.2) is 4.99 Å². The van der Waals surface area contributed by atoms with Crippen LogP contribution in [0.4, 0.5) is 0 Å². The van der Waals surface area contributed by atoms with Crippen molar-refractivity contribution in [3.8, 4) is 28.0 Å². The van der Waals surface area contributed by atoms with E-state index in [-0.39, 0.29) is 5.75 Å². The highest BCUT2D eigenvalue weighted by molar-refractivity contribution is 6.11. The van der Waals surface area contributed by atoms with E-state index in [0.29, 0.717) is 12.5 Å². The maximum absolute atomic E-state index is 11.8. The van der Waals surface area contributed by atoms with Crippen molar-refractivity contribution in [3.63, 3.8) is 0 Å². The number of aromatic hydroxyl groups is 1. The summed E-state index contributed by atoms with van der Waals surface area (Å²) in [6.07, 6.45) is 0. The first-order chi connectivity index (χ1) is 16.5. The van der Waals surface area contributed by atoms with Crippen LogP contribution in [0.2, 0.25) is 0 Å². The molecule has 0 saturated carbocycles. The fraction of sp³-hybridized carbons (Fsp3) is 0.100. The van der Waals surface area contributed by atoms with Gasteiger partial charge in [0, 0.05) is 25.2 Å². The Labute approximate surface area is 199 Å². The summed E-state index contributed by atoms with van der Waals surface area (Å²) in [6, 6.07) is 32.8. The monoisotopic (exact) mass is 445 g/mol. The van der Waals surface area contributed by atoms with Gasteiger partial charge in [0.1, 0.15) is 5.75 Å². The van der Waals surface area contributed by atoms with Crippen LogP contribution >= 0.6 is 0 Å². The second-order valence-electron chi connectivity index (χ2n) is 8.62. The van der Waals surface area contributed by atoms with Crippen LogP contribution in [-0.2, 0) is 6.54 Å². The predicted octanol–water partition coefficient (Wildman–Crippen LogP) is 6.41. The van der Waals surface area contributed by atoms with Crippen LogP contribution in [-0.4, -0.2) is 30.1 Å². The van der Waals surface area contributed by atoms with E-state index in [2.05, 4.69) is 47.5 Å². The highest BCUT2D eigenvalue weighted by Gasteiger charge is 2.20. The fourth-order valence-corrected chi connectivity index (χ4v) is 4.48. The summed E-state index contributed by atoms with van der Waals surface area (Å²) >= 11 is 0. The number of hydrogen-bond acceptors (Lipinski definition) is 2. The summed E-state index contributed by atoms with van der Waals surface area (Å²) in [4.78, 5) is 6.41. The van der Waals surface area contributed by atoms with E-state index in [9.17, 15) is 5.11 Å². The highest BCUT2D eigenvalue weighted by atomic mass is 16.3. The first-order valence-corrected chi connectivity index (χ1v) is 11.3. The molecule has 4 heteroatoms. The molecule has 34 heavy (non-hydrogen) atoms. The summed E-state index contributed by atoms with van der Waals surface area (Å²) in [5.74, 6) is 0.735. The van der Waals surface area contributed by atoms with Crippen LogP contribution in [0.1, 0.15) is 5.56 Å². The third-order valence-electron chi connectivity index (χ3n) is 6.24. The Morgan fingerprint density at radius 1 is 0.765 bits per heavy atom. The smallest absolute Gasteiger partial charge is 0.191 e. The lowest BCUT2D eigenvalue weighted by atomic mass is 9.87. The maximum Gasteiger partial charge on any atom is 0.191 e. The van der Waals surface area contributed by atoms with E-state index in [1.807, 2.05) is 68.7 Å². The summed E-state index contributed by atoms with van der Waals surface area (Å²) < 4.78 is 0. The normalized spacial score (nSPS) is 11.8. The molecule has 0 fully saturated rings. The van der Waals surface area contributed by atoms with Crippen molar-refractivity contribution in [2.75, 3.05) is 14.1 Å². The Kier molecular flexibility index (Phi) is 5.64. The van der Waals surface area contributed by atoms with Crippen molar-refractivity contribution >= 4 is 27.5 Å². The minimum Gasteiger partial charge on any atom is -0.507 e. The molecule has 4 nitrogen and oxygen atoms in total. The number of guanidine groups is 1. The lowest BCUT2D eigenvalue weighted by Gasteiger charge is -2.19. The van der Waals surface area contributed by atoms with E-state index >= 15 is 0 Å². The first-order valence-electron chi connectivity index (χ1n) is 11.3. The summed E-state index contributed by atoms with van der Waals surface area (Å²) in [6.45, 7) is 0.410. The van der Waals surface area contributed by atoms with E-state index in [1.165, 1.54) is 0 Å². The van der Waals surface area contributed by atoms with Crippen LogP contribution in [0.15, 0.2) is 102 Å². The van der Waals surface area contributed by atoms with Crippen molar-refractivity contribution in [1.82, 2.24) is 4.90 Å². The molecule has 0 aromatic heterocycles. The van der Waals surface area contributed by atoms with E-state index in [4.69, 9.17) is 5.73 Å². The van der Waals surface area contributed by atoms with Crippen LogP contribution in [0.5, 0.6) is 5.75 Å². The van der Waals surface area contributed by atoms with E-state index < -0.39 is 0 Å². The van der Waals surface area contributed by atoms with Gasteiger partial charge in [0.15, 0.2) is 5.96 Å².